The molecule has 0 saturated heterocycles. The predicted octanol–water partition coefficient (Wildman–Crippen LogP) is 5.29. The van der Waals surface area contributed by atoms with Crippen LogP contribution in [0.3, 0.4) is 0 Å². The van der Waals surface area contributed by atoms with Crippen molar-refractivity contribution in [2.45, 2.75) is 58.8 Å². The van der Waals surface area contributed by atoms with Crippen molar-refractivity contribution in [3.8, 4) is 5.75 Å². The van der Waals surface area contributed by atoms with E-state index in [1.807, 2.05) is 31.2 Å². The minimum atomic E-state index is -0.248. The van der Waals surface area contributed by atoms with E-state index in [1.54, 1.807) is 12.1 Å². The molecule has 2 heteroatoms. The maximum atomic E-state index is 11.8. The first-order chi connectivity index (χ1) is 9.74. The molecule has 1 rings (SSSR count). The van der Waals surface area contributed by atoms with Crippen molar-refractivity contribution >= 4 is 5.97 Å². The minimum Gasteiger partial charge on any atom is -0.423 e. The van der Waals surface area contributed by atoms with Gasteiger partial charge in [0.15, 0.2) is 0 Å². The zero-order valence-electron chi connectivity index (χ0n) is 12.7. The van der Waals surface area contributed by atoms with Crippen molar-refractivity contribution < 1.29 is 9.53 Å². The number of hydrogen-bond donors (Lipinski definition) is 0. The largest absolute Gasteiger partial charge is 0.423 e. The van der Waals surface area contributed by atoms with Gasteiger partial charge in [0.2, 0.25) is 0 Å². The Morgan fingerprint density at radius 1 is 1.05 bits per heavy atom. The number of benzene rings is 1. The maximum absolute atomic E-state index is 11.8. The van der Waals surface area contributed by atoms with Crippen molar-refractivity contribution in [3.05, 3.63) is 42.0 Å². The molecule has 1 aromatic carbocycles. The molecule has 0 saturated carbocycles. The van der Waals surface area contributed by atoms with Crippen LogP contribution in [-0.2, 0) is 4.79 Å². The first kappa shape index (κ1) is 16.5. The number of carbonyl (C=O) groups excluding carboxylic acids is 1. The number of allylic oxidation sites excluding steroid dienone is 1. The Balaban J connectivity index is 2.21. The summed E-state index contributed by atoms with van der Waals surface area (Å²) in [6.07, 6.45) is 10.6. The highest BCUT2D eigenvalue weighted by Crippen LogP contribution is 2.12. The summed E-state index contributed by atoms with van der Waals surface area (Å²) in [6.45, 7) is 4.05. The van der Waals surface area contributed by atoms with Gasteiger partial charge in [-0.3, -0.25) is 0 Å². The standard InChI is InChI=1S/C18H26O2/c1-3-4-5-6-7-8-10-13-16(2)18(19)20-17-14-11-9-12-15-17/h9,11-15H,3-8,10H2,1-2H3. The second kappa shape index (κ2) is 10.2. The second-order valence-corrected chi connectivity index (χ2v) is 5.15. The Morgan fingerprint density at radius 3 is 2.40 bits per heavy atom. The van der Waals surface area contributed by atoms with Crippen LogP contribution < -0.4 is 4.74 Å². The Morgan fingerprint density at radius 2 is 1.70 bits per heavy atom. The molecule has 0 aromatic heterocycles. The van der Waals surface area contributed by atoms with Gasteiger partial charge >= 0.3 is 5.97 Å². The van der Waals surface area contributed by atoms with Crippen LogP contribution in [0, 0.1) is 0 Å². The molecule has 0 radical (unpaired) electrons. The van der Waals surface area contributed by atoms with Gasteiger partial charge in [-0.1, -0.05) is 63.3 Å². The number of para-hydroxylation sites is 1. The topological polar surface area (TPSA) is 26.3 Å². The molecule has 0 aliphatic heterocycles. The van der Waals surface area contributed by atoms with E-state index in [0.29, 0.717) is 11.3 Å². The lowest BCUT2D eigenvalue weighted by Gasteiger charge is -2.04. The summed E-state index contributed by atoms with van der Waals surface area (Å²) in [7, 11) is 0. The van der Waals surface area contributed by atoms with Gasteiger partial charge in [-0.25, -0.2) is 4.79 Å². The molecule has 0 spiro atoms. The van der Waals surface area contributed by atoms with Crippen molar-refractivity contribution in [1.29, 1.82) is 0 Å². The van der Waals surface area contributed by atoms with Crippen LogP contribution in [0.25, 0.3) is 0 Å². The van der Waals surface area contributed by atoms with Crippen LogP contribution in [0.4, 0.5) is 0 Å². The second-order valence-electron chi connectivity index (χ2n) is 5.15. The van der Waals surface area contributed by atoms with E-state index in [0.717, 1.165) is 12.8 Å². The third-order valence-electron chi connectivity index (χ3n) is 3.28. The highest BCUT2D eigenvalue weighted by molar-refractivity contribution is 5.89. The number of unbranched alkanes of at least 4 members (excludes halogenated alkanes) is 6. The van der Waals surface area contributed by atoms with Gasteiger partial charge in [0.1, 0.15) is 5.75 Å². The third kappa shape index (κ3) is 7.13. The van der Waals surface area contributed by atoms with Crippen molar-refractivity contribution in [2.75, 3.05) is 0 Å². The third-order valence-corrected chi connectivity index (χ3v) is 3.28. The molecule has 0 N–H and O–H groups in total. The minimum absolute atomic E-state index is 0.248. The number of ether oxygens (including phenoxy) is 1. The van der Waals surface area contributed by atoms with E-state index in [9.17, 15) is 4.79 Å². The maximum Gasteiger partial charge on any atom is 0.338 e. The summed E-state index contributed by atoms with van der Waals surface area (Å²) in [6, 6.07) is 9.20. The van der Waals surface area contributed by atoms with Crippen molar-refractivity contribution in [1.82, 2.24) is 0 Å². The SMILES string of the molecule is CCCCCCCCC=C(C)C(=O)Oc1ccccc1. The Labute approximate surface area is 122 Å². The fraction of sp³-hybridized carbons (Fsp3) is 0.500. The van der Waals surface area contributed by atoms with Gasteiger partial charge in [0, 0.05) is 5.57 Å². The van der Waals surface area contributed by atoms with Crippen LogP contribution in [0.2, 0.25) is 0 Å². The summed E-state index contributed by atoms with van der Waals surface area (Å²) >= 11 is 0. The molecule has 0 heterocycles. The Kier molecular flexibility index (Phi) is 8.44. The lowest BCUT2D eigenvalue weighted by atomic mass is 10.1. The summed E-state index contributed by atoms with van der Waals surface area (Å²) in [5.41, 5.74) is 0.697. The predicted molar refractivity (Wildman–Crippen MR) is 83.8 cm³/mol. The van der Waals surface area contributed by atoms with Crippen molar-refractivity contribution in [3.63, 3.8) is 0 Å². The lowest BCUT2D eigenvalue weighted by molar-refractivity contribution is -0.130. The van der Waals surface area contributed by atoms with Crippen LogP contribution in [-0.4, -0.2) is 5.97 Å². The molecular formula is C18H26O2. The Hall–Kier alpha value is -1.57. The van der Waals surface area contributed by atoms with E-state index in [4.69, 9.17) is 4.74 Å². The molecule has 0 aliphatic rings. The van der Waals surface area contributed by atoms with Crippen LogP contribution in [0.5, 0.6) is 5.75 Å². The van der Waals surface area contributed by atoms with Crippen LogP contribution >= 0.6 is 0 Å². The van der Waals surface area contributed by atoms with E-state index in [1.165, 1.54) is 32.1 Å². The van der Waals surface area contributed by atoms with Crippen LogP contribution in [0.1, 0.15) is 58.8 Å². The molecule has 110 valence electrons. The van der Waals surface area contributed by atoms with E-state index < -0.39 is 0 Å². The fourth-order valence-electron chi connectivity index (χ4n) is 2.00. The first-order valence-corrected chi connectivity index (χ1v) is 7.68. The van der Waals surface area contributed by atoms with Gasteiger partial charge in [-0.05, 0) is 31.9 Å². The van der Waals surface area contributed by atoms with Gasteiger partial charge in [-0.2, -0.15) is 0 Å². The first-order valence-electron chi connectivity index (χ1n) is 7.68. The molecule has 0 amide bonds. The molecule has 0 bridgehead atoms. The van der Waals surface area contributed by atoms with Gasteiger partial charge in [0.25, 0.3) is 0 Å². The van der Waals surface area contributed by atoms with E-state index in [2.05, 4.69) is 6.92 Å². The number of hydrogen-bond acceptors (Lipinski definition) is 2. The smallest absolute Gasteiger partial charge is 0.338 e. The summed E-state index contributed by atoms with van der Waals surface area (Å²) in [5, 5.41) is 0. The number of esters is 1. The van der Waals surface area contributed by atoms with Gasteiger partial charge in [0.05, 0.1) is 0 Å². The van der Waals surface area contributed by atoms with Gasteiger partial charge < -0.3 is 4.74 Å². The lowest BCUT2D eigenvalue weighted by Crippen LogP contribution is -2.09. The summed E-state index contributed by atoms with van der Waals surface area (Å²) in [5.74, 6) is 0.354. The molecule has 20 heavy (non-hydrogen) atoms. The molecular weight excluding hydrogens is 248 g/mol. The average molecular weight is 274 g/mol. The van der Waals surface area contributed by atoms with Gasteiger partial charge in [-0.15, -0.1) is 0 Å². The molecule has 0 fully saturated rings. The number of carbonyl (C=O) groups is 1. The zero-order chi connectivity index (χ0) is 14.6. The van der Waals surface area contributed by atoms with E-state index in [-0.39, 0.29) is 5.97 Å². The quantitative estimate of drug-likeness (QED) is 0.265. The van der Waals surface area contributed by atoms with Crippen molar-refractivity contribution in [2.24, 2.45) is 0 Å². The summed E-state index contributed by atoms with van der Waals surface area (Å²) < 4.78 is 5.28. The average Bonchev–Trinajstić information content (AvgIpc) is 2.47. The Bertz CT molecular complexity index is 407. The zero-order valence-corrected chi connectivity index (χ0v) is 12.7. The highest BCUT2D eigenvalue weighted by atomic mass is 16.5. The van der Waals surface area contributed by atoms with E-state index >= 15 is 0 Å². The monoisotopic (exact) mass is 274 g/mol. The molecule has 2 nitrogen and oxygen atoms in total. The number of rotatable bonds is 9. The van der Waals surface area contributed by atoms with Crippen LogP contribution in [0.15, 0.2) is 42.0 Å². The highest BCUT2D eigenvalue weighted by Gasteiger charge is 2.06. The molecule has 0 atom stereocenters. The summed E-state index contributed by atoms with van der Waals surface area (Å²) in [4.78, 5) is 11.8. The molecule has 0 unspecified atom stereocenters. The fourth-order valence-corrected chi connectivity index (χ4v) is 2.00. The molecule has 1 aromatic rings. The molecule has 0 aliphatic carbocycles. The normalized spacial score (nSPS) is 11.4.